The third kappa shape index (κ3) is 2.36. The van der Waals surface area contributed by atoms with Gasteiger partial charge in [-0.1, -0.05) is 0 Å². The van der Waals surface area contributed by atoms with E-state index in [9.17, 15) is 5.11 Å². The summed E-state index contributed by atoms with van der Waals surface area (Å²) in [6.07, 6.45) is 1.04. The van der Waals surface area contributed by atoms with Crippen molar-refractivity contribution in [1.29, 1.82) is 0 Å². The number of methoxy groups -OCH3 is 1. The van der Waals surface area contributed by atoms with E-state index < -0.39 is 0 Å². The van der Waals surface area contributed by atoms with Crippen molar-refractivity contribution in [1.82, 2.24) is 0 Å². The number of hydrogen-bond acceptors (Lipinski definition) is 2. The number of ether oxygens (including phenoxy) is 1. The third-order valence-corrected chi connectivity index (χ3v) is 2.81. The topological polar surface area (TPSA) is 33.9 Å². The molecule has 0 bridgehead atoms. The normalized spacial score (nSPS) is 18.9. The Bertz CT molecular complexity index is 355. The minimum atomic E-state index is 0. The molecule has 1 aromatic carbocycles. The molecule has 2 N–H and O–H groups in total. The fraction of sp³-hybridized carbons (Fsp3) is 0.455. The van der Waals surface area contributed by atoms with E-state index in [2.05, 4.69) is 7.05 Å². The summed E-state index contributed by atoms with van der Waals surface area (Å²) >= 11 is 0. The van der Waals surface area contributed by atoms with Gasteiger partial charge in [-0.25, -0.2) is 0 Å². The minimum absolute atomic E-state index is 0. The van der Waals surface area contributed by atoms with Gasteiger partial charge in [0.2, 0.25) is 0 Å². The van der Waals surface area contributed by atoms with Crippen LogP contribution in [0.5, 0.6) is 11.5 Å². The molecule has 1 aliphatic rings. The summed E-state index contributed by atoms with van der Waals surface area (Å²) in [7, 11) is 3.77. The number of quaternary nitrogens is 1. The molecule has 0 radical (unpaired) electrons. The number of fused-ring (bicyclic) bond motifs is 1. The highest BCUT2D eigenvalue weighted by Gasteiger charge is 2.18. The first-order valence-electron chi connectivity index (χ1n) is 4.90. The first-order valence-corrected chi connectivity index (χ1v) is 4.90. The molecule has 4 heteroatoms. The standard InChI is InChI=1S/C11H15NO2.ClH/c1-12-4-3-8-5-10(13)11(14-2)6-9(8)7-12;/h5-6,13H,3-4,7H2,1-2H3;1H. The second kappa shape index (κ2) is 4.73. The third-order valence-electron chi connectivity index (χ3n) is 2.81. The van der Waals surface area contributed by atoms with Crippen LogP contribution < -0.4 is 22.0 Å². The van der Waals surface area contributed by atoms with Crippen LogP contribution in [0.4, 0.5) is 0 Å². The number of halogens is 1. The Kier molecular flexibility index (Phi) is 3.83. The molecule has 1 heterocycles. The summed E-state index contributed by atoms with van der Waals surface area (Å²) in [5, 5.41) is 9.60. The molecule has 2 rings (SSSR count). The van der Waals surface area contributed by atoms with E-state index in [4.69, 9.17) is 4.74 Å². The number of nitrogens with one attached hydrogen (secondary N) is 1. The number of hydrogen-bond donors (Lipinski definition) is 2. The number of phenols is 1. The van der Waals surface area contributed by atoms with Crippen molar-refractivity contribution in [3.63, 3.8) is 0 Å². The monoisotopic (exact) mass is 229 g/mol. The van der Waals surface area contributed by atoms with Crippen LogP contribution in [0.25, 0.3) is 0 Å². The summed E-state index contributed by atoms with van der Waals surface area (Å²) in [5.41, 5.74) is 2.55. The molecule has 0 saturated heterocycles. The molecule has 1 aliphatic heterocycles. The van der Waals surface area contributed by atoms with Crippen molar-refractivity contribution in [2.45, 2.75) is 13.0 Å². The van der Waals surface area contributed by atoms with E-state index in [0.29, 0.717) is 5.75 Å². The molecule has 84 valence electrons. The molecular weight excluding hydrogens is 214 g/mol. The lowest BCUT2D eigenvalue weighted by Gasteiger charge is -2.22. The van der Waals surface area contributed by atoms with Crippen molar-refractivity contribution in [2.75, 3.05) is 20.7 Å². The van der Waals surface area contributed by atoms with E-state index >= 15 is 0 Å². The molecular formula is C11H16ClNO2. The fourth-order valence-corrected chi connectivity index (χ4v) is 1.98. The lowest BCUT2D eigenvalue weighted by Crippen LogP contribution is -3.08. The van der Waals surface area contributed by atoms with Crippen LogP contribution in [0.2, 0.25) is 0 Å². The molecule has 15 heavy (non-hydrogen) atoms. The second-order valence-corrected chi connectivity index (χ2v) is 3.93. The zero-order valence-electron chi connectivity index (χ0n) is 9.01. The van der Waals surface area contributed by atoms with E-state index in [1.165, 1.54) is 16.0 Å². The molecule has 0 aliphatic carbocycles. The van der Waals surface area contributed by atoms with Gasteiger partial charge in [0.15, 0.2) is 11.5 Å². The Morgan fingerprint density at radius 3 is 2.73 bits per heavy atom. The molecule has 3 nitrogen and oxygen atoms in total. The van der Waals surface area contributed by atoms with Gasteiger partial charge in [0.1, 0.15) is 6.54 Å². The fourth-order valence-electron chi connectivity index (χ4n) is 1.98. The van der Waals surface area contributed by atoms with E-state index in [0.717, 1.165) is 19.5 Å². The Morgan fingerprint density at radius 1 is 1.33 bits per heavy atom. The van der Waals surface area contributed by atoms with Crippen molar-refractivity contribution in [3.8, 4) is 11.5 Å². The molecule has 1 unspecified atom stereocenters. The zero-order chi connectivity index (χ0) is 10.1. The zero-order valence-corrected chi connectivity index (χ0v) is 9.77. The van der Waals surface area contributed by atoms with Crippen LogP contribution in [0.15, 0.2) is 12.1 Å². The Hall–Kier alpha value is -0.930. The van der Waals surface area contributed by atoms with Gasteiger partial charge in [-0.05, 0) is 17.7 Å². The summed E-state index contributed by atoms with van der Waals surface area (Å²) < 4.78 is 5.09. The second-order valence-electron chi connectivity index (χ2n) is 3.93. The number of aromatic hydroxyl groups is 1. The van der Waals surface area contributed by atoms with Gasteiger partial charge in [-0.3, -0.25) is 0 Å². The highest BCUT2D eigenvalue weighted by molar-refractivity contribution is 5.46. The van der Waals surface area contributed by atoms with E-state index in [1.807, 2.05) is 12.1 Å². The maximum Gasteiger partial charge on any atom is 0.160 e. The molecule has 0 fully saturated rings. The van der Waals surface area contributed by atoms with Crippen molar-refractivity contribution < 1.29 is 27.2 Å². The van der Waals surface area contributed by atoms with Crippen molar-refractivity contribution in [3.05, 3.63) is 23.3 Å². The predicted molar refractivity (Wildman–Crippen MR) is 53.8 cm³/mol. The number of phenolic OH excluding ortho intramolecular Hbond substituents is 1. The average Bonchev–Trinajstić information content (AvgIpc) is 2.17. The molecule has 0 saturated carbocycles. The first-order chi connectivity index (χ1) is 6.70. The Morgan fingerprint density at radius 2 is 2.07 bits per heavy atom. The predicted octanol–water partition coefficient (Wildman–Crippen LogP) is -3.02. The number of benzene rings is 1. The van der Waals surface area contributed by atoms with Gasteiger partial charge >= 0.3 is 0 Å². The minimum Gasteiger partial charge on any atom is -1.00 e. The van der Waals surface area contributed by atoms with Gasteiger partial charge in [0.05, 0.1) is 20.7 Å². The molecule has 1 atom stereocenters. The summed E-state index contributed by atoms with van der Waals surface area (Å²) in [6, 6.07) is 3.79. The largest absolute Gasteiger partial charge is 1.00 e. The van der Waals surface area contributed by atoms with Crippen LogP contribution in [-0.2, 0) is 13.0 Å². The van der Waals surface area contributed by atoms with Gasteiger partial charge < -0.3 is 27.2 Å². The van der Waals surface area contributed by atoms with Crippen molar-refractivity contribution in [2.24, 2.45) is 0 Å². The van der Waals surface area contributed by atoms with E-state index in [-0.39, 0.29) is 18.2 Å². The van der Waals surface area contributed by atoms with Crippen molar-refractivity contribution >= 4 is 0 Å². The number of rotatable bonds is 1. The maximum atomic E-state index is 9.60. The molecule has 0 spiro atoms. The maximum absolute atomic E-state index is 9.60. The number of likely N-dealkylation sites (N-methyl/N-ethyl adjacent to an activating group) is 1. The van der Waals surface area contributed by atoms with Gasteiger partial charge in [0.25, 0.3) is 0 Å². The van der Waals surface area contributed by atoms with Crippen LogP contribution in [0, 0.1) is 0 Å². The SMILES string of the molecule is COc1cc2c(cc1O)CC[NH+](C)C2.[Cl-]. The van der Waals surface area contributed by atoms with Crippen LogP contribution >= 0.6 is 0 Å². The summed E-state index contributed by atoms with van der Waals surface area (Å²) in [5.74, 6) is 0.837. The quantitative estimate of drug-likeness (QED) is 0.538. The van der Waals surface area contributed by atoms with Gasteiger partial charge in [-0.15, -0.1) is 0 Å². The Balaban J connectivity index is 0.00000112. The molecule has 0 aromatic heterocycles. The lowest BCUT2D eigenvalue weighted by atomic mass is 9.99. The highest BCUT2D eigenvalue weighted by Crippen LogP contribution is 2.29. The molecule has 0 amide bonds. The van der Waals surface area contributed by atoms with Crippen LogP contribution in [0.1, 0.15) is 11.1 Å². The highest BCUT2D eigenvalue weighted by atomic mass is 35.5. The van der Waals surface area contributed by atoms with E-state index in [1.54, 1.807) is 7.11 Å². The average molecular weight is 230 g/mol. The Labute approximate surface area is 96.1 Å². The van der Waals surface area contributed by atoms with Gasteiger partial charge in [0, 0.05) is 12.0 Å². The summed E-state index contributed by atoms with van der Waals surface area (Å²) in [6.45, 7) is 2.16. The van der Waals surface area contributed by atoms with Gasteiger partial charge in [-0.2, -0.15) is 0 Å². The van der Waals surface area contributed by atoms with Crippen LogP contribution in [0.3, 0.4) is 0 Å². The smallest absolute Gasteiger partial charge is 0.160 e. The first kappa shape index (κ1) is 12.1. The summed E-state index contributed by atoms with van der Waals surface area (Å²) in [4.78, 5) is 1.50. The lowest BCUT2D eigenvalue weighted by molar-refractivity contribution is -0.895. The molecule has 1 aromatic rings. The van der Waals surface area contributed by atoms with Crippen LogP contribution in [-0.4, -0.2) is 25.8 Å².